The normalized spacial score (nSPS) is 23.7. The molecule has 2 aliphatic rings. The molecule has 2 aliphatic heterocycles. The molecule has 0 saturated heterocycles. The number of hydrogen-bond acceptors (Lipinski definition) is 5. The van der Waals surface area contributed by atoms with Crippen LogP contribution in [0.25, 0.3) is 0 Å². The van der Waals surface area contributed by atoms with Gasteiger partial charge in [0.05, 0.1) is 0 Å². The predicted molar refractivity (Wildman–Crippen MR) is 65.9 cm³/mol. The van der Waals surface area contributed by atoms with Gasteiger partial charge in [-0.15, -0.1) is 5.10 Å². The molecule has 0 aliphatic carbocycles. The first kappa shape index (κ1) is 9.18. The van der Waals surface area contributed by atoms with E-state index < -0.39 is 0 Å². The molecule has 1 aromatic rings. The summed E-state index contributed by atoms with van der Waals surface area (Å²) in [5.74, 6) is 0. The number of hydrazone groups is 1. The predicted octanol–water partition coefficient (Wildman–Crippen LogP) is 2.51. The van der Waals surface area contributed by atoms with Gasteiger partial charge in [0.15, 0.2) is 5.17 Å². The third-order valence-corrected chi connectivity index (χ3v) is 4.29. The third-order valence-electron chi connectivity index (χ3n) is 2.25. The van der Waals surface area contributed by atoms with Crippen molar-refractivity contribution in [3.8, 4) is 0 Å². The Morgan fingerprint density at radius 3 is 2.87 bits per heavy atom. The van der Waals surface area contributed by atoms with E-state index in [1.54, 1.807) is 11.8 Å². The van der Waals surface area contributed by atoms with E-state index in [0.29, 0.717) is 5.17 Å². The fourth-order valence-corrected chi connectivity index (χ4v) is 3.55. The molecule has 1 unspecified atom stereocenters. The van der Waals surface area contributed by atoms with Gasteiger partial charge in [-0.1, -0.05) is 42.1 Å². The van der Waals surface area contributed by atoms with Gasteiger partial charge in [0, 0.05) is 5.41 Å². The molecule has 0 fully saturated rings. The quantitative estimate of drug-likeness (QED) is 0.812. The van der Waals surface area contributed by atoms with E-state index in [4.69, 9.17) is 5.73 Å². The molecule has 1 aromatic carbocycles. The lowest BCUT2D eigenvalue weighted by atomic mass is 10.2. The van der Waals surface area contributed by atoms with E-state index in [9.17, 15) is 0 Å². The number of thioether (sulfide) groups is 2. The first-order chi connectivity index (χ1) is 7.34. The Hall–Kier alpha value is -1.07. The Kier molecular flexibility index (Phi) is 2.14. The van der Waals surface area contributed by atoms with Crippen LogP contribution in [0.15, 0.2) is 45.9 Å². The summed E-state index contributed by atoms with van der Waals surface area (Å²) < 4.78 is 0. The van der Waals surface area contributed by atoms with E-state index in [1.165, 1.54) is 17.3 Å². The zero-order valence-electron chi connectivity index (χ0n) is 7.83. The first-order valence-electron chi connectivity index (χ1n) is 4.56. The fourth-order valence-electron chi connectivity index (χ4n) is 1.59. The van der Waals surface area contributed by atoms with E-state index in [-0.39, 0.29) is 5.37 Å². The lowest BCUT2D eigenvalue weighted by molar-refractivity contribution is 0.387. The number of amidine groups is 1. The van der Waals surface area contributed by atoms with Crippen molar-refractivity contribution in [3.63, 3.8) is 0 Å². The largest absolute Gasteiger partial charge is 0.377 e. The highest BCUT2D eigenvalue weighted by molar-refractivity contribution is 8.18. The molecule has 0 saturated carbocycles. The summed E-state index contributed by atoms with van der Waals surface area (Å²) in [4.78, 5) is 0. The lowest BCUT2D eigenvalue weighted by Gasteiger charge is -2.18. The van der Waals surface area contributed by atoms with Gasteiger partial charge in [-0.2, -0.15) is 0 Å². The van der Waals surface area contributed by atoms with Crippen LogP contribution in [0.2, 0.25) is 0 Å². The van der Waals surface area contributed by atoms with Crippen LogP contribution >= 0.6 is 23.5 Å². The maximum Gasteiger partial charge on any atom is 0.184 e. The highest BCUT2D eigenvalue weighted by Gasteiger charge is 2.33. The van der Waals surface area contributed by atoms with Gasteiger partial charge in [-0.3, -0.25) is 0 Å². The third kappa shape index (κ3) is 1.52. The van der Waals surface area contributed by atoms with Gasteiger partial charge in [0.2, 0.25) is 0 Å². The minimum atomic E-state index is 0.245. The SMILES string of the molecule is NC1=NN2C(=CSC2c2ccccc2)S1. The second-order valence-corrected chi connectivity index (χ2v) is 5.24. The number of benzene rings is 1. The molecule has 5 heteroatoms. The van der Waals surface area contributed by atoms with Gasteiger partial charge in [0.1, 0.15) is 10.4 Å². The maximum atomic E-state index is 5.69. The van der Waals surface area contributed by atoms with Crippen molar-refractivity contribution in [3.05, 3.63) is 46.3 Å². The summed E-state index contributed by atoms with van der Waals surface area (Å²) in [5, 5.41) is 10.4. The molecule has 15 heavy (non-hydrogen) atoms. The molecule has 2 N–H and O–H groups in total. The van der Waals surface area contributed by atoms with Crippen LogP contribution < -0.4 is 5.73 Å². The van der Waals surface area contributed by atoms with Gasteiger partial charge >= 0.3 is 0 Å². The Balaban J connectivity index is 1.92. The lowest BCUT2D eigenvalue weighted by Crippen LogP contribution is -2.12. The number of rotatable bonds is 1. The topological polar surface area (TPSA) is 41.6 Å². The summed E-state index contributed by atoms with van der Waals surface area (Å²) in [6.07, 6.45) is 0. The van der Waals surface area contributed by atoms with Crippen molar-refractivity contribution in [2.45, 2.75) is 5.37 Å². The Morgan fingerprint density at radius 2 is 2.07 bits per heavy atom. The average Bonchev–Trinajstić information content (AvgIpc) is 2.77. The molecule has 3 rings (SSSR count). The van der Waals surface area contributed by atoms with Crippen LogP contribution in [0.5, 0.6) is 0 Å². The van der Waals surface area contributed by atoms with E-state index in [1.807, 2.05) is 23.2 Å². The van der Waals surface area contributed by atoms with Gasteiger partial charge in [-0.25, -0.2) is 5.01 Å². The van der Waals surface area contributed by atoms with Gasteiger partial charge in [0.25, 0.3) is 0 Å². The van der Waals surface area contributed by atoms with Crippen molar-refractivity contribution in [1.82, 2.24) is 5.01 Å². The smallest absolute Gasteiger partial charge is 0.184 e. The molecule has 0 aromatic heterocycles. The Labute approximate surface area is 96.4 Å². The van der Waals surface area contributed by atoms with Crippen molar-refractivity contribution in [2.75, 3.05) is 0 Å². The summed E-state index contributed by atoms with van der Waals surface area (Å²) >= 11 is 3.30. The molecule has 3 nitrogen and oxygen atoms in total. The standard InChI is InChI=1S/C10H9N3S2/c11-10-12-13-8(15-10)6-14-9(13)7-4-2-1-3-5-7/h1-6,9H,(H2,11,12). The summed E-state index contributed by atoms with van der Waals surface area (Å²) in [5.41, 5.74) is 6.94. The Bertz CT molecular complexity index is 441. The average molecular weight is 235 g/mol. The maximum absolute atomic E-state index is 5.69. The van der Waals surface area contributed by atoms with Gasteiger partial charge < -0.3 is 5.73 Å². The molecule has 0 amide bonds. The first-order valence-corrected chi connectivity index (χ1v) is 6.32. The molecular weight excluding hydrogens is 226 g/mol. The minimum absolute atomic E-state index is 0.245. The van der Waals surface area contributed by atoms with E-state index >= 15 is 0 Å². The van der Waals surface area contributed by atoms with Crippen LogP contribution in [0, 0.1) is 0 Å². The highest BCUT2D eigenvalue weighted by atomic mass is 32.2. The zero-order valence-corrected chi connectivity index (χ0v) is 9.46. The number of hydrogen-bond donors (Lipinski definition) is 1. The molecule has 0 radical (unpaired) electrons. The fraction of sp³-hybridized carbons (Fsp3) is 0.100. The molecule has 2 heterocycles. The van der Waals surface area contributed by atoms with Crippen molar-refractivity contribution in [1.29, 1.82) is 0 Å². The van der Waals surface area contributed by atoms with Crippen LogP contribution in [-0.4, -0.2) is 10.2 Å². The van der Waals surface area contributed by atoms with Crippen molar-refractivity contribution in [2.24, 2.45) is 10.8 Å². The van der Waals surface area contributed by atoms with E-state index in [2.05, 4.69) is 22.6 Å². The van der Waals surface area contributed by atoms with E-state index in [0.717, 1.165) is 5.03 Å². The van der Waals surface area contributed by atoms with Crippen LogP contribution in [0.1, 0.15) is 10.9 Å². The molecular formula is C10H9N3S2. The molecule has 0 bridgehead atoms. The van der Waals surface area contributed by atoms with Crippen LogP contribution in [-0.2, 0) is 0 Å². The summed E-state index contributed by atoms with van der Waals surface area (Å²) in [6, 6.07) is 10.3. The highest BCUT2D eigenvalue weighted by Crippen LogP contribution is 2.49. The van der Waals surface area contributed by atoms with Crippen molar-refractivity contribution < 1.29 is 0 Å². The van der Waals surface area contributed by atoms with Crippen molar-refractivity contribution >= 4 is 28.7 Å². The molecule has 1 atom stereocenters. The second-order valence-electron chi connectivity index (χ2n) is 3.24. The number of nitrogens with two attached hydrogens (primary N) is 1. The molecule has 0 spiro atoms. The summed E-state index contributed by atoms with van der Waals surface area (Å²) in [7, 11) is 0. The monoisotopic (exact) mass is 235 g/mol. The minimum Gasteiger partial charge on any atom is -0.377 e. The van der Waals surface area contributed by atoms with Crippen LogP contribution in [0.4, 0.5) is 0 Å². The Morgan fingerprint density at radius 1 is 1.27 bits per heavy atom. The van der Waals surface area contributed by atoms with Crippen LogP contribution in [0.3, 0.4) is 0 Å². The number of nitrogens with zero attached hydrogens (tertiary/aromatic N) is 2. The second kappa shape index (κ2) is 3.50. The molecule has 76 valence electrons. The van der Waals surface area contributed by atoms with Gasteiger partial charge in [-0.05, 0) is 17.3 Å². The summed E-state index contributed by atoms with van der Waals surface area (Å²) in [6.45, 7) is 0. The zero-order chi connectivity index (χ0) is 10.3. The number of fused-ring (bicyclic) bond motifs is 1.